The molecular formula is C9H13ClF2N2O2S. The molecule has 4 nitrogen and oxygen atoms in total. The van der Waals surface area contributed by atoms with Crippen molar-refractivity contribution in [1.82, 2.24) is 4.72 Å². The van der Waals surface area contributed by atoms with Crippen LogP contribution in [0.5, 0.6) is 0 Å². The van der Waals surface area contributed by atoms with E-state index in [1.54, 1.807) is 0 Å². The molecular weight excluding hydrogens is 274 g/mol. The van der Waals surface area contributed by atoms with Gasteiger partial charge in [0.1, 0.15) is 11.6 Å². The van der Waals surface area contributed by atoms with Gasteiger partial charge in [0.05, 0.1) is 0 Å². The Labute approximate surface area is 105 Å². The van der Waals surface area contributed by atoms with Gasteiger partial charge in [-0.15, -0.1) is 12.4 Å². The quantitative estimate of drug-likeness (QED) is 0.868. The summed E-state index contributed by atoms with van der Waals surface area (Å²) in [5.74, 6) is -2.26. The SMILES string of the molecule is C[C@H](CN)NS(=O)(=O)c1c(F)cccc1F.Cl. The van der Waals surface area contributed by atoms with Gasteiger partial charge in [0.15, 0.2) is 4.90 Å². The second-order valence-electron chi connectivity index (χ2n) is 3.31. The van der Waals surface area contributed by atoms with Crippen LogP contribution in [0.1, 0.15) is 6.92 Å². The van der Waals surface area contributed by atoms with Crippen molar-refractivity contribution in [3.8, 4) is 0 Å². The zero-order chi connectivity index (χ0) is 12.3. The van der Waals surface area contributed by atoms with Crippen molar-refractivity contribution >= 4 is 22.4 Å². The summed E-state index contributed by atoms with van der Waals surface area (Å²) in [5.41, 5.74) is 5.22. The molecule has 0 aliphatic carbocycles. The third-order valence-corrected chi connectivity index (χ3v) is 3.54. The Hall–Kier alpha value is -0.760. The fourth-order valence-corrected chi connectivity index (χ4v) is 2.50. The lowest BCUT2D eigenvalue weighted by Crippen LogP contribution is -2.38. The van der Waals surface area contributed by atoms with E-state index < -0.39 is 32.6 Å². The van der Waals surface area contributed by atoms with Crippen LogP contribution in [0.3, 0.4) is 0 Å². The summed E-state index contributed by atoms with van der Waals surface area (Å²) in [4.78, 5) is -0.977. The highest BCUT2D eigenvalue weighted by Crippen LogP contribution is 2.18. The molecule has 0 aliphatic heterocycles. The number of hydrogen-bond acceptors (Lipinski definition) is 3. The van der Waals surface area contributed by atoms with Crippen LogP contribution in [0.2, 0.25) is 0 Å². The summed E-state index contributed by atoms with van der Waals surface area (Å²) >= 11 is 0. The molecule has 0 bridgehead atoms. The van der Waals surface area contributed by atoms with Gasteiger partial charge in [0.25, 0.3) is 0 Å². The van der Waals surface area contributed by atoms with Crippen LogP contribution in [-0.4, -0.2) is 21.0 Å². The van der Waals surface area contributed by atoms with Crippen molar-refractivity contribution < 1.29 is 17.2 Å². The van der Waals surface area contributed by atoms with Gasteiger partial charge in [-0.3, -0.25) is 0 Å². The van der Waals surface area contributed by atoms with Gasteiger partial charge >= 0.3 is 0 Å². The molecule has 0 fully saturated rings. The average molecular weight is 287 g/mol. The second kappa shape index (κ2) is 6.25. The predicted octanol–water partition coefficient (Wildman–Crippen LogP) is 1.01. The standard InChI is InChI=1S/C9H12F2N2O2S.ClH/c1-6(5-12)13-16(14,15)9-7(10)3-2-4-8(9)11;/h2-4,6,13H,5,12H2,1H3;1H/t6-;/m1./s1. The van der Waals surface area contributed by atoms with Gasteiger partial charge in [0, 0.05) is 12.6 Å². The molecule has 8 heteroatoms. The van der Waals surface area contributed by atoms with Crippen molar-refractivity contribution in [2.24, 2.45) is 5.73 Å². The Balaban J connectivity index is 0.00000256. The summed E-state index contributed by atoms with van der Waals surface area (Å²) in [6.45, 7) is 1.53. The van der Waals surface area contributed by atoms with Crippen molar-refractivity contribution in [2.45, 2.75) is 17.9 Å². The maximum atomic E-state index is 13.2. The lowest BCUT2D eigenvalue weighted by atomic mass is 10.3. The lowest BCUT2D eigenvalue weighted by Gasteiger charge is -2.12. The Morgan fingerprint density at radius 3 is 2.24 bits per heavy atom. The molecule has 1 atom stereocenters. The molecule has 0 aliphatic rings. The van der Waals surface area contributed by atoms with Crippen LogP contribution in [0.25, 0.3) is 0 Å². The second-order valence-corrected chi connectivity index (χ2v) is 4.96. The van der Waals surface area contributed by atoms with Crippen LogP contribution in [-0.2, 0) is 10.0 Å². The van der Waals surface area contributed by atoms with Crippen molar-refractivity contribution in [3.05, 3.63) is 29.8 Å². The number of halogens is 3. The third-order valence-electron chi connectivity index (χ3n) is 1.90. The minimum Gasteiger partial charge on any atom is -0.329 e. The highest BCUT2D eigenvalue weighted by molar-refractivity contribution is 7.89. The zero-order valence-corrected chi connectivity index (χ0v) is 10.6. The Bertz CT molecular complexity index is 462. The fourth-order valence-electron chi connectivity index (χ4n) is 1.11. The Morgan fingerprint density at radius 2 is 1.82 bits per heavy atom. The van der Waals surface area contributed by atoms with Gasteiger partial charge in [-0.1, -0.05) is 6.07 Å². The minimum absolute atomic E-state index is 0. The van der Waals surface area contributed by atoms with E-state index in [0.717, 1.165) is 18.2 Å². The topological polar surface area (TPSA) is 72.2 Å². The largest absolute Gasteiger partial charge is 0.329 e. The van der Waals surface area contributed by atoms with Crippen molar-refractivity contribution in [2.75, 3.05) is 6.54 Å². The Morgan fingerprint density at radius 1 is 1.35 bits per heavy atom. The third kappa shape index (κ3) is 3.88. The van der Waals surface area contributed by atoms with Gasteiger partial charge < -0.3 is 5.73 Å². The fraction of sp³-hybridized carbons (Fsp3) is 0.333. The summed E-state index contributed by atoms with van der Waals surface area (Å²) < 4.78 is 51.7. The number of sulfonamides is 1. The van der Waals surface area contributed by atoms with Crippen LogP contribution in [0.15, 0.2) is 23.1 Å². The van der Waals surface area contributed by atoms with Gasteiger partial charge in [-0.25, -0.2) is 21.9 Å². The van der Waals surface area contributed by atoms with E-state index in [-0.39, 0.29) is 19.0 Å². The normalized spacial score (nSPS) is 12.9. The smallest absolute Gasteiger partial charge is 0.246 e. The first-order valence-electron chi connectivity index (χ1n) is 4.55. The number of rotatable bonds is 4. The van der Waals surface area contributed by atoms with E-state index >= 15 is 0 Å². The summed E-state index contributed by atoms with van der Waals surface area (Å²) in [7, 11) is -4.21. The van der Waals surface area contributed by atoms with Crippen LogP contribution in [0, 0.1) is 11.6 Å². The van der Waals surface area contributed by atoms with Crippen LogP contribution < -0.4 is 10.5 Å². The molecule has 0 unspecified atom stereocenters. The average Bonchev–Trinajstić information content (AvgIpc) is 2.16. The van der Waals surface area contributed by atoms with E-state index in [4.69, 9.17) is 5.73 Å². The summed E-state index contributed by atoms with van der Waals surface area (Å²) in [6, 6.07) is 2.26. The molecule has 1 aromatic carbocycles. The molecule has 0 heterocycles. The molecule has 0 spiro atoms. The lowest BCUT2D eigenvalue weighted by molar-refractivity contribution is 0.508. The molecule has 1 aromatic rings. The summed E-state index contributed by atoms with van der Waals surface area (Å²) in [5, 5.41) is 0. The van der Waals surface area contributed by atoms with E-state index in [0.29, 0.717) is 0 Å². The van der Waals surface area contributed by atoms with Gasteiger partial charge in [-0.05, 0) is 19.1 Å². The Kier molecular flexibility index (Phi) is 5.97. The number of benzene rings is 1. The van der Waals surface area contributed by atoms with Gasteiger partial charge in [-0.2, -0.15) is 0 Å². The molecule has 0 amide bonds. The first kappa shape index (κ1) is 16.2. The molecule has 17 heavy (non-hydrogen) atoms. The minimum atomic E-state index is -4.21. The number of nitrogens with one attached hydrogen (secondary N) is 1. The maximum Gasteiger partial charge on any atom is 0.246 e. The molecule has 98 valence electrons. The van der Waals surface area contributed by atoms with Crippen molar-refractivity contribution in [3.63, 3.8) is 0 Å². The molecule has 1 rings (SSSR count). The first-order chi connectivity index (χ1) is 7.38. The maximum absolute atomic E-state index is 13.2. The molecule has 3 N–H and O–H groups in total. The molecule has 0 radical (unpaired) electrons. The van der Waals surface area contributed by atoms with Crippen LogP contribution >= 0.6 is 12.4 Å². The van der Waals surface area contributed by atoms with Crippen LogP contribution in [0.4, 0.5) is 8.78 Å². The first-order valence-corrected chi connectivity index (χ1v) is 6.03. The van der Waals surface area contributed by atoms with E-state index in [9.17, 15) is 17.2 Å². The predicted molar refractivity (Wildman–Crippen MR) is 62.4 cm³/mol. The van der Waals surface area contributed by atoms with Crippen molar-refractivity contribution in [1.29, 1.82) is 0 Å². The number of nitrogens with two attached hydrogens (primary N) is 1. The van der Waals surface area contributed by atoms with E-state index in [2.05, 4.69) is 4.72 Å². The monoisotopic (exact) mass is 286 g/mol. The van der Waals surface area contributed by atoms with E-state index in [1.165, 1.54) is 6.92 Å². The zero-order valence-electron chi connectivity index (χ0n) is 8.98. The van der Waals surface area contributed by atoms with E-state index in [1.807, 2.05) is 0 Å². The number of hydrogen-bond donors (Lipinski definition) is 2. The molecule has 0 saturated carbocycles. The van der Waals surface area contributed by atoms with Gasteiger partial charge in [0.2, 0.25) is 10.0 Å². The summed E-state index contributed by atoms with van der Waals surface area (Å²) in [6.07, 6.45) is 0. The highest BCUT2D eigenvalue weighted by atomic mass is 35.5. The molecule has 0 saturated heterocycles. The highest BCUT2D eigenvalue weighted by Gasteiger charge is 2.24. The molecule has 0 aromatic heterocycles.